The summed E-state index contributed by atoms with van der Waals surface area (Å²) < 4.78 is 0. The van der Waals surface area contributed by atoms with E-state index in [4.69, 9.17) is 0 Å². The lowest BCUT2D eigenvalue weighted by Gasteiger charge is -2.21. The first-order valence-electron chi connectivity index (χ1n) is 7.45. The molecule has 2 N–H and O–H groups in total. The molecule has 0 bridgehead atoms. The minimum atomic E-state index is -0.0534. The monoisotopic (exact) mass is 301 g/mol. The number of nitrogens with zero attached hydrogens (tertiary/aromatic N) is 2. The number of carbonyl (C=O) groups excluding carboxylic acids is 1. The Morgan fingerprint density at radius 3 is 2.64 bits per heavy atom. The van der Waals surface area contributed by atoms with Gasteiger partial charge in [-0.3, -0.25) is 4.79 Å². The molecule has 1 heterocycles. The maximum absolute atomic E-state index is 12.5. The molecule has 0 aliphatic heterocycles. The number of imidazole rings is 1. The van der Waals surface area contributed by atoms with Crippen LogP contribution in [0.4, 0.5) is 0 Å². The van der Waals surface area contributed by atoms with Crippen LogP contribution in [0.15, 0.2) is 24.5 Å². The quantitative estimate of drug-likeness (QED) is 0.856. The van der Waals surface area contributed by atoms with Gasteiger partial charge in [0.05, 0.1) is 31.6 Å². The van der Waals surface area contributed by atoms with Gasteiger partial charge < -0.3 is 15.0 Å². The second-order valence-electron chi connectivity index (χ2n) is 5.61. The van der Waals surface area contributed by atoms with Crippen molar-refractivity contribution in [1.82, 2.24) is 14.9 Å². The first kappa shape index (κ1) is 16.2. The van der Waals surface area contributed by atoms with Crippen LogP contribution in [0.2, 0.25) is 0 Å². The molecule has 22 heavy (non-hydrogen) atoms. The van der Waals surface area contributed by atoms with Crippen molar-refractivity contribution < 1.29 is 9.90 Å². The van der Waals surface area contributed by atoms with Gasteiger partial charge in [0.15, 0.2) is 0 Å². The number of carbonyl (C=O) groups is 1. The lowest BCUT2D eigenvalue weighted by atomic mass is 10.0. The number of benzene rings is 1. The summed E-state index contributed by atoms with van der Waals surface area (Å²) in [6.45, 7) is 6.70. The summed E-state index contributed by atoms with van der Waals surface area (Å²) >= 11 is 0. The van der Waals surface area contributed by atoms with E-state index in [1.807, 2.05) is 32.0 Å². The molecule has 0 radical (unpaired) electrons. The molecule has 0 saturated heterocycles. The molecular formula is C17H23N3O2. The third kappa shape index (κ3) is 3.95. The maximum Gasteiger partial charge on any atom is 0.227 e. The molecule has 0 saturated carbocycles. The molecule has 0 atom stereocenters. The van der Waals surface area contributed by atoms with E-state index in [1.54, 1.807) is 11.2 Å². The van der Waals surface area contributed by atoms with Crippen molar-refractivity contribution in [2.45, 2.75) is 33.7 Å². The number of aromatic nitrogens is 2. The van der Waals surface area contributed by atoms with Crippen molar-refractivity contribution in [2.75, 3.05) is 13.2 Å². The van der Waals surface area contributed by atoms with E-state index >= 15 is 0 Å². The Kier molecular flexibility index (Phi) is 5.33. The third-order valence-electron chi connectivity index (χ3n) is 3.92. The fraction of sp³-hybridized carbons (Fsp3) is 0.412. The summed E-state index contributed by atoms with van der Waals surface area (Å²) in [6.07, 6.45) is 1.96. The summed E-state index contributed by atoms with van der Waals surface area (Å²) in [7, 11) is 0. The van der Waals surface area contributed by atoms with Gasteiger partial charge >= 0.3 is 0 Å². The van der Waals surface area contributed by atoms with Crippen molar-refractivity contribution in [1.29, 1.82) is 0 Å². The second kappa shape index (κ2) is 7.22. The highest BCUT2D eigenvalue weighted by Gasteiger charge is 2.16. The number of aromatic amines is 1. The van der Waals surface area contributed by atoms with E-state index in [9.17, 15) is 9.90 Å². The molecule has 1 amide bonds. The van der Waals surface area contributed by atoms with Gasteiger partial charge in [0.25, 0.3) is 0 Å². The minimum absolute atomic E-state index is 0.000275. The second-order valence-corrected chi connectivity index (χ2v) is 5.61. The molecule has 0 aliphatic carbocycles. The molecule has 0 spiro atoms. The lowest BCUT2D eigenvalue weighted by Crippen LogP contribution is -2.34. The third-order valence-corrected chi connectivity index (χ3v) is 3.92. The fourth-order valence-corrected chi connectivity index (χ4v) is 2.34. The van der Waals surface area contributed by atoms with Gasteiger partial charge in [0.1, 0.15) is 0 Å². The molecule has 5 heteroatoms. The van der Waals surface area contributed by atoms with E-state index in [2.05, 4.69) is 16.9 Å². The highest BCUT2D eigenvalue weighted by Crippen LogP contribution is 2.13. The average Bonchev–Trinajstić information content (AvgIpc) is 2.88. The number of aliphatic hydroxyl groups excluding tert-OH is 1. The van der Waals surface area contributed by atoms with Crippen molar-refractivity contribution in [2.24, 2.45) is 0 Å². The van der Waals surface area contributed by atoms with Crippen molar-refractivity contribution in [3.05, 3.63) is 52.6 Å². The lowest BCUT2D eigenvalue weighted by molar-refractivity contribution is -0.131. The molecule has 5 nitrogen and oxygen atoms in total. The normalized spacial score (nSPS) is 10.7. The Hall–Kier alpha value is -2.14. The maximum atomic E-state index is 12.5. The van der Waals surface area contributed by atoms with Gasteiger partial charge in [-0.25, -0.2) is 4.98 Å². The zero-order valence-electron chi connectivity index (χ0n) is 13.4. The molecule has 0 unspecified atom stereocenters. The number of aryl methyl sites for hydroxylation is 3. The van der Waals surface area contributed by atoms with Crippen molar-refractivity contribution in [3.63, 3.8) is 0 Å². The SMILES string of the molecule is Cc1ccc(CC(=O)N(CCO)Cc2nc[nH]c2C)cc1C. The summed E-state index contributed by atoms with van der Waals surface area (Å²) in [4.78, 5) is 21.4. The van der Waals surface area contributed by atoms with Gasteiger partial charge in [-0.05, 0) is 37.5 Å². The summed E-state index contributed by atoms with van der Waals surface area (Å²) in [6, 6.07) is 6.06. The summed E-state index contributed by atoms with van der Waals surface area (Å²) in [5, 5.41) is 9.21. The zero-order chi connectivity index (χ0) is 16.1. The van der Waals surface area contributed by atoms with E-state index in [0.29, 0.717) is 19.5 Å². The van der Waals surface area contributed by atoms with Crippen LogP contribution in [0.25, 0.3) is 0 Å². The van der Waals surface area contributed by atoms with E-state index in [0.717, 1.165) is 17.0 Å². The number of nitrogens with one attached hydrogen (secondary N) is 1. The first-order valence-corrected chi connectivity index (χ1v) is 7.45. The fourth-order valence-electron chi connectivity index (χ4n) is 2.34. The van der Waals surface area contributed by atoms with Crippen LogP contribution in [-0.2, 0) is 17.8 Å². The molecule has 118 valence electrons. The highest BCUT2D eigenvalue weighted by molar-refractivity contribution is 5.78. The van der Waals surface area contributed by atoms with Crippen molar-refractivity contribution in [3.8, 4) is 0 Å². The number of H-pyrrole nitrogens is 1. The molecule has 2 rings (SSSR count). The van der Waals surface area contributed by atoms with E-state index < -0.39 is 0 Å². The molecule has 0 aliphatic rings. The number of rotatable bonds is 6. The van der Waals surface area contributed by atoms with Gasteiger partial charge in [-0.2, -0.15) is 0 Å². The van der Waals surface area contributed by atoms with Crippen LogP contribution in [0.5, 0.6) is 0 Å². The number of aliphatic hydroxyl groups is 1. The molecule has 2 aromatic rings. The van der Waals surface area contributed by atoms with Crippen LogP contribution >= 0.6 is 0 Å². The van der Waals surface area contributed by atoms with Crippen LogP contribution in [0.1, 0.15) is 28.1 Å². The highest BCUT2D eigenvalue weighted by atomic mass is 16.3. The molecule has 1 aromatic carbocycles. The molecule has 1 aromatic heterocycles. The Labute approximate surface area is 131 Å². The predicted octanol–water partition coefficient (Wildman–Crippen LogP) is 1.90. The number of hydrogen-bond acceptors (Lipinski definition) is 3. The van der Waals surface area contributed by atoms with Crippen LogP contribution in [-0.4, -0.2) is 39.0 Å². The van der Waals surface area contributed by atoms with Crippen LogP contribution in [0.3, 0.4) is 0 Å². The first-order chi connectivity index (χ1) is 10.5. The van der Waals surface area contributed by atoms with Crippen LogP contribution < -0.4 is 0 Å². The minimum Gasteiger partial charge on any atom is -0.395 e. The zero-order valence-corrected chi connectivity index (χ0v) is 13.4. The van der Waals surface area contributed by atoms with Crippen LogP contribution in [0, 0.1) is 20.8 Å². The van der Waals surface area contributed by atoms with Gasteiger partial charge in [0, 0.05) is 12.2 Å². The predicted molar refractivity (Wildman–Crippen MR) is 85.4 cm³/mol. The summed E-state index contributed by atoms with van der Waals surface area (Å²) in [5.41, 5.74) is 5.18. The molecular weight excluding hydrogens is 278 g/mol. The Bertz CT molecular complexity index is 649. The Balaban J connectivity index is 2.08. The largest absolute Gasteiger partial charge is 0.395 e. The standard InChI is InChI=1S/C17H23N3O2/c1-12-4-5-15(8-13(12)2)9-17(22)20(6-7-21)10-16-14(3)18-11-19-16/h4-5,8,11,21H,6-7,9-10H2,1-3H3,(H,18,19). The number of hydrogen-bond donors (Lipinski definition) is 2. The summed E-state index contributed by atoms with van der Waals surface area (Å²) in [5.74, 6) is -0.000275. The van der Waals surface area contributed by atoms with Gasteiger partial charge in [-0.15, -0.1) is 0 Å². The molecule has 0 fully saturated rings. The smallest absolute Gasteiger partial charge is 0.227 e. The average molecular weight is 301 g/mol. The topological polar surface area (TPSA) is 69.2 Å². The van der Waals surface area contributed by atoms with Crippen molar-refractivity contribution >= 4 is 5.91 Å². The van der Waals surface area contributed by atoms with Gasteiger partial charge in [0.2, 0.25) is 5.91 Å². The Morgan fingerprint density at radius 2 is 2.05 bits per heavy atom. The Morgan fingerprint density at radius 1 is 1.27 bits per heavy atom. The van der Waals surface area contributed by atoms with E-state index in [1.165, 1.54) is 11.1 Å². The van der Waals surface area contributed by atoms with Gasteiger partial charge in [-0.1, -0.05) is 18.2 Å². The van der Waals surface area contributed by atoms with E-state index in [-0.39, 0.29) is 12.5 Å². The number of amides is 1.